The van der Waals surface area contributed by atoms with Crippen LogP contribution in [0.2, 0.25) is 0 Å². The highest BCUT2D eigenvalue weighted by Crippen LogP contribution is 2.30. The maximum absolute atomic E-state index is 13.8. The molecule has 0 bridgehead atoms. The summed E-state index contributed by atoms with van der Waals surface area (Å²) in [5, 5.41) is 15.5. The van der Waals surface area contributed by atoms with Crippen molar-refractivity contribution >= 4 is 22.6 Å². The van der Waals surface area contributed by atoms with Gasteiger partial charge in [-0.25, -0.2) is 4.98 Å². The molecule has 1 aliphatic carbocycles. The maximum atomic E-state index is 13.8. The maximum Gasteiger partial charge on any atom is 0.251 e. The van der Waals surface area contributed by atoms with Crippen molar-refractivity contribution in [3.63, 3.8) is 0 Å². The normalized spacial score (nSPS) is 15.3. The predicted octanol–water partition coefficient (Wildman–Crippen LogP) is 5.89. The Hall–Kier alpha value is -4.79. The summed E-state index contributed by atoms with van der Waals surface area (Å²) in [6, 6.07) is 29.9. The number of imidazole rings is 1. The first-order chi connectivity index (χ1) is 22.5. The lowest BCUT2D eigenvalue weighted by atomic mass is 9.99. The number of nitrogens with zero attached hydrogens (tertiary/aromatic N) is 1. The van der Waals surface area contributed by atoms with Gasteiger partial charge in [0.15, 0.2) is 0 Å². The quantitative estimate of drug-likeness (QED) is 0.100. The number of hydrogen-bond donors (Lipinski definition) is 5. The van der Waals surface area contributed by atoms with E-state index in [4.69, 9.17) is 0 Å². The molecule has 3 atom stereocenters. The molecule has 46 heavy (non-hydrogen) atoms. The lowest BCUT2D eigenvalue weighted by Crippen LogP contribution is -2.47. The number of H-pyrrole nitrogens is 1. The van der Waals surface area contributed by atoms with Gasteiger partial charge in [0.2, 0.25) is 5.91 Å². The number of amides is 2. The molecule has 0 radical (unpaired) electrons. The molecular formula is C38H42N6O2. The van der Waals surface area contributed by atoms with E-state index in [1.807, 2.05) is 49.4 Å². The monoisotopic (exact) mass is 614 g/mol. The van der Waals surface area contributed by atoms with Crippen LogP contribution in [0.4, 0.5) is 0 Å². The van der Waals surface area contributed by atoms with Crippen molar-refractivity contribution in [2.75, 3.05) is 6.54 Å². The van der Waals surface area contributed by atoms with Crippen molar-refractivity contribution in [3.05, 3.63) is 137 Å². The molecule has 8 heteroatoms. The molecule has 0 saturated carbocycles. The van der Waals surface area contributed by atoms with Gasteiger partial charge in [-0.15, -0.1) is 0 Å². The molecule has 1 aromatic heterocycles. The first-order valence-corrected chi connectivity index (χ1v) is 16.2. The van der Waals surface area contributed by atoms with E-state index in [-0.39, 0.29) is 17.9 Å². The van der Waals surface area contributed by atoms with Crippen molar-refractivity contribution in [2.45, 2.75) is 63.8 Å². The number of hydrogen-bond acceptors (Lipinski definition) is 5. The van der Waals surface area contributed by atoms with Crippen LogP contribution in [0.25, 0.3) is 10.8 Å². The first-order valence-electron chi connectivity index (χ1n) is 16.2. The second-order valence-corrected chi connectivity index (χ2v) is 12.0. The molecule has 2 unspecified atom stereocenters. The molecule has 2 amide bonds. The number of benzene rings is 4. The summed E-state index contributed by atoms with van der Waals surface area (Å²) in [6.45, 7) is 4.04. The summed E-state index contributed by atoms with van der Waals surface area (Å²) in [4.78, 5) is 34.5. The standard InChI is InChI=1S/C38H42N6O2/c1-26(31-13-6-10-28-8-2-4-11-32(28)31)43-38(46)35(14-7-21-40-34-20-19-29-9-3-5-12-33(29)34)44-37(45)30-17-15-27(16-18-30)24-39-25-36-41-22-23-42-36/h2-6,8-13,15-18,22-23,26,34-35,39-40H,7,14,19-21,24-25H2,1H3,(H,41,42)(H,43,46)(H,44,45)/t26?,34?,35-/m0/s1. The molecule has 4 aromatic carbocycles. The van der Waals surface area contributed by atoms with E-state index in [1.54, 1.807) is 12.4 Å². The van der Waals surface area contributed by atoms with E-state index >= 15 is 0 Å². The predicted molar refractivity (Wildman–Crippen MR) is 182 cm³/mol. The average Bonchev–Trinajstić information content (AvgIpc) is 3.76. The Morgan fingerprint density at radius 3 is 2.57 bits per heavy atom. The molecular weight excluding hydrogens is 572 g/mol. The highest BCUT2D eigenvalue weighted by Gasteiger charge is 2.25. The Morgan fingerprint density at radius 2 is 1.72 bits per heavy atom. The van der Waals surface area contributed by atoms with Crippen LogP contribution in [0.3, 0.4) is 0 Å². The zero-order valence-corrected chi connectivity index (χ0v) is 26.3. The van der Waals surface area contributed by atoms with E-state index < -0.39 is 6.04 Å². The Morgan fingerprint density at radius 1 is 0.913 bits per heavy atom. The van der Waals surface area contributed by atoms with E-state index in [9.17, 15) is 9.59 Å². The van der Waals surface area contributed by atoms with Crippen LogP contribution in [0, 0.1) is 0 Å². The van der Waals surface area contributed by atoms with Gasteiger partial charge in [0.25, 0.3) is 5.91 Å². The van der Waals surface area contributed by atoms with Crippen LogP contribution in [0.15, 0.2) is 103 Å². The lowest BCUT2D eigenvalue weighted by Gasteiger charge is -2.23. The van der Waals surface area contributed by atoms with Crippen molar-refractivity contribution in [1.82, 2.24) is 31.2 Å². The van der Waals surface area contributed by atoms with Gasteiger partial charge in [-0.1, -0.05) is 78.9 Å². The fourth-order valence-corrected chi connectivity index (χ4v) is 6.38. The van der Waals surface area contributed by atoms with Crippen LogP contribution in [-0.4, -0.2) is 34.4 Å². The van der Waals surface area contributed by atoms with Gasteiger partial charge < -0.3 is 26.3 Å². The third-order valence-electron chi connectivity index (χ3n) is 8.86. The van der Waals surface area contributed by atoms with Gasteiger partial charge >= 0.3 is 0 Å². The van der Waals surface area contributed by atoms with Gasteiger partial charge in [-0.3, -0.25) is 9.59 Å². The number of fused-ring (bicyclic) bond motifs is 2. The zero-order valence-electron chi connectivity index (χ0n) is 26.3. The molecule has 5 aromatic rings. The molecule has 1 aliphatic rings. The van der Waals surface area contributed by atoms with Gasteiger partial charge in [-0.05, 0) is 84.3 Å². The van der Waals surface area contributed by atoms with E-state index in [1.165, 1.54) is 11.1 Å². The van der Waals surface area contributed by atoms with Gasteiger partial charge in [0.1, 0.15) is 11.9 Å². The first kappa shape index (κ1) is 31.2. The van der Waals surface area contributed by atoms with Crippen molar-refractivity contribution in [2.24, 2.45) is 0 Å². The fourth-order valence-electron chi connectivity index (χ4n) is 6.38. The number of aromatic amines is 1. The van der Waals surface area contributed by atoms with Crippen LogP contribution in [-0.2, 0) is 24.3 Å². The van der Waals surface area contributed by atoms with Crippen molar-refractivity contribution in [3.8, 4) is 0 Å². The number of nitrogens with one attached hydrogen (secondary N) is 5. The van der Waals surface area contributed by atoms with Gasteiger partial charge in [0.05, 0.1) is 12.6 Å². The minimum atomic E-state index is -0.669. The third kappa shape index (κ3) is 7.70. The van der Waals surface area contributed by atoms with Crippen molar-refractivity contribution < 1.29 is 9.59 Å². The second-order valence-electron chi connectivity index (χ2n) is 12.0. The molecule has 1 heterocycles. The average molecular weight is 615 g/mol. The number of aryl methyl sites for hydroxylation is 1. The zero-order chi connectivity index (χ0) is 31.7. The molecule has 6 rings (SSSR count). The summed E-state index contributed by atoms with van der Waals surface area (Å²) >= 11 is 0. The largest absolute Gasteiger partial charge is 0.348 e. The van der Waals surface area contributed by atoms with Crippen LogP contribution >= 0.6 is 0 Å². The second kappa shape index (κ2) is 15.0. The van der Waals surface area contributed by atoms with Crippen molar-refractivity contribution in [1.29, 1.82) is 0 Å². The van der Waals surface area contributed by atoms with Gasteiger partial charge in [0, 0.05) is 30.5 Å². The molecule has 5 N–H and O–H groups in total. The van der Waals surface area contributed by atoms with E-state index in [2.05, 4.69) is 79.8 Å². The minimum absolute atomic E-state index is 0.182. The molecule has 236 valence electrons. The fraction of sp³-hybridized carbons (Fsp3) is 0.289. The minimum Gasteiger partial charge on any atom is -0.348 e. The smallest absolute Gasteiger partial charge is 0.251 e. The van der Waals surface area contributed by atoms with E-state index in [0.29, 0.717) is 31.1 Å². The van der Waals surface area contributed by atoms with Crippen LogP contribution < -0.4 is 21.3 Å². The van der Waals surface area contributed by atoms with E-state index in [0.717, 1.165) is 53.5 Å². The topological polar surface area (TPSA) is 111 Å². The lowest BCUT2D eigenvalue weighted by molar-refractivity contribution is -0.123. The Balaban J connectivity index is 1.09. The molecule has 0 aliphatic heterocycles. The Bertz CT molecular complexity index is 1750. The summed E-state index contributed by atoms with van der Waals surface area (Å²) in [5.74, 6) is 0.433. The molecule has 8 nitrogen and oxygen atoms in total. The highest BCUT2D eigenvalue weighted by atomic mass is 16.2. The number of aromatic nitrogens is 2. The Kier molecular flexibility index (Phi) is 10.2. The number of carbonyl (C=O) groups is 2. The number of carbonyl (C=O) groups excluding carboxylic acids is 2. The van der Waals surface area contributed by atoms with Gasteiger partial charge in [-0.2, -0.15) is 0 Å². The van der Waals surface area contributed by atoms with Crippen LogP contribution in [0.5, 0.6) is 0 Å². The summed E-state index contributed by atoms with van der Waals surface area (Å²) in [7, 11) is 0. The SMILES string of the molecule is CC(NC(=O)[C@H](CCCNC1CCc2ccccc21)NC(=O)c1ccc(CNCc2ncc[nH]2)cc1)c1cccc2ccccc12. The third-order valence-corrected chi connectivity index (χ3v) is 8.86. The summed E-state index contributed by atoms with van der Waals surface area (Å²) in [6.07, 6.45) is 6.97. The Labute approximate surface area is 270 Å². The number of rotatable bonds is 14. The molecule has 0 fully saturated rings. The molecule has 0 saturated heterocycles. The summed E-state index contributed by atoms with van der Waals surface area (Å²) < 4.78 is 0. The summed E-state index contributed by atoms with van der Waals surface area (Å²) in [5.41, 5.74) is 5.41. The molecule has 0 spiro atoms. The van der Waals surface area contributed by atoms with Crippen LogP contribution in [0.1, 0.15) is 76.7 Å². The highest BCUT2D eigenvalue weighted by molar-refractivity contribution is 5.97.